The van der Waals surface area contributed by atoms with Crippen LogP contribution >= 0.6 is 24.8 Å². The maximum Gasteiger partial charge on any atom is 0.0764 e. The largest absolute Gasteiger partial charge is 0.325 e. The summed E-state index contributed by atoms with van der Waals surface area (Å²) in [4.78, 5) is 0. The van der Waals surface area contributed by atoms with Gasteiger partial charge < -0.3 is 5.73 Å². The molecule has 0 atom stereocenters. The molecule has 0 saturated carbocycles. The van der Waals surface area contributed by atoms with Gasteiger partial charge in [0.05, 0.1) is 11.4 Å². The zero-order valence-corrected chi connectivity index (χ0v) is 9.67. The average Bonchev–Trinajstić information content (AvgIpc) is 2.67. The fourth-order valence-corrected chi connectivity index (χ4v) is 1.20. The van der Waals surface area contributed by atoms with Crippen molar-refractivity contribution in [2.45, 2.75) is 6.54 Å². The normalized spacial score (nSPS) is 8.87. The Bertz CT molecular complexity index is 387. The minimum Gasteiger partial charge on any atom is -0.325 e. The summed E-state index contributed by atoms with van der Waals surface area (Å²) in [5.74, 6) is 0. The Morgan fingerprint density at radius 1 is 1.07 bits per heavy atom. The van der Waals surface area contributed by atoms with Crippen molar-refractivity contribution < 1.29 is 0 Å². The van der Waals surface area contributed by atoms with Crippen molar-refractivity contribution in [2.24, 2.45) is 5.73 Å². The van der Waals surface area contributed by atoms with Crippen molar-refractivity contribution in [1.29, 1.82) is 0 Å². The van der Waals surface area contributed by atoms with E-state index >= 15 is 0 Å². The minimum atomic E-state index is 0. The molecule has 82 valence electrons. The van der Waals surface area contributed by atoms with Gasteiger partial charge in [0.15, 0.2) is 0 Å². The summed E-state index contributed by atoms with van der Waals surface area (Å²) in [6.07, 6.45) is 1.91. The zero-order valence-electron chi connectivity index (χ0n) is 8.04. The molecule has 0 spiro atoms. The summed E-state index contributed by atoms with van der Waals surface area (Å²) in [5, 5.41) is 4.29. The number of nitrogens with two attached hydrogens (primary N) is 1. The first-order chi connectivity index (χ1) is 6.40. The summed E-state index contributed by atoms with van der Waals surface area (Å²) in [5.41, 5.74) is 7.43. The second kappa shape index (κ2) is 6.45. The van der Waals surface area contributed by atoms with Gasteiger partial charge in [0, 0.05) is 12.7 Å². The van der Waals surface area contributed by atoms with Crippen LogP contribution in [0, 0.1) is 0 Å². The van der Waals surface area contributed by atoms with E-state index in [0.717, 1.165) is 11.4 Å². The van der Waals surface area contributed by atoms with E-state index in [9.17, 15) is 0 Å². The molecular formula is C10H13Cl2N3. The van der Waals surface area contributed by atoms with Gasteiger partial charge in [0.25, 0.3) is 0 Å². The number of hydrogen-bond donors (Lipinski definition) is 1. The zero-order chi connectivity index (χ0) is 9.10. The third kappa shape index (κ3) is 3.23. The molecule has 0 radical (unpaired) electrons. The predicted molar refractivity (Wildman–Crippen MR) is 66.0 cm³/mol. The van der Waals surface area contributed by atoms with Crippen molar-refractivity contribution in [3.05, 3.63) is 48.3 Å². The van der Waals surface area contributed by atoms with Gasteiger partial charge in [0.2, 0.25) is 0 Å². The molecule has 0 unspecified atom stereocenters. The lowest BCUT2D eigenvalue weighted by Gasteiger charge is -1.98. The molecule has 2 rings (SSSR count). The molecule has 1 aromatic carbocycles. The van der Waals surface area contributed by atoms with Gasteiger partial charge in [-0.2, -0.15) is 5.10 Å². The summed E-state index contributed by atoms with van der Waals surface area (Å²) in [6.45, 7) is 0.486. The Kier molecular flexibility index (Phi) is 6.01. The molecule has 0 aliphatic carbocycles. The standard InChI is InChI=1S/C10H11N3.2ClH/c11-8-9-6-7-13(12-9)10-4-2-1-3-5-10;;/h1-7H,8,11H2;2*1H. The maximum absolute atomic E-state index is 5.47. The first-order valence-electron chi connectivity index (χ1n) is 4.20. The van der Waals surface area contributed by atoms with Gasteiger partial charge in [-0.05, 0) is 18.2 Å². The molecular weight excluding hydrogens is 233 g/mol. The lowest BCUT2D eigenvalue weighted by Crippen LogP contribution is -1.99. The lowest BCUT2D eigenvalue weighted by atomic mass is 10.3. The van der Waals surface area contributed by atoms with Gasteiger partial charge in [-0.3, -0.25) is 0 Å². The molecule has 1 aromatic heterocycles. The van der Waals surface area contributed by atoms with Gasteiger partial charge >= 0.3 is 0 Å². The molecule has 15 heavy (non-hydrogen) atoms. The van der Waals surface area contributed by atoms with E-state index in [4.69, 9.17) is 5.73 Å². The summed E-state index contributed by atoms with van der Waals surface area (Å²) in [6, 6.07) is 11.9. The number of hydrogen-bond acceptors (Lipinski definition) is 2. The molecule has 0 saturated heterocycles. The van der Waals surface area contributed by atoms with Crippen LogP contribution in [0.25, 0.3) is 5.69 Å². The Morgan fingerprint density at radius 3 is 2.27 bits per heavy atom. The highest BCUT2D eigenvalue weighted by atomic mass is 35.5. The molecule has 3 nitrogen and oxygen atoms in total. The van der Waals surface area contributed by atoms with Gasteiger partial charge in [-0.1, -0.05) is 18.2 Å². The van der Waals surface area contributed by atoms with Gasteiger partial charge in [-0.25, -0.2) is 4.68 Å². The first kappa shape index (κ1) is 14.0. The van der Waals surface area contributed by atoms with Crippen molar-refractivity contribution in [2.75, 3.05) is 0 Å². The highest BCUT2D eigenvalue weighted by Crippen LogP contribution is 2.05. The maximum atomic E-state index is 5.47. The van der Waals surface area contributed by atoms with E-state index in [1.54, 1.807) is 0 Å². The highest BCUT2D eigenvalue weighted by molar-refractivity contribution is 5.85. The highest BCUT2D eigenvalue weighted by Gasteiger charge is 1.97. The van der Waals surface area contributed by atoms with E-state index in [1.165, 1.54) is 0 Å². The third-order valence-electron chi connectivity index (χ3n) is 1.87. The first-order valence-corrected chi connectivity index (χ1v) is 4.20. The van der Waals surface area contributed by atoms with E-state index in [0.29, 0.717) is 6.54 Å². The number of para-hydroxylation sites is 1. The van der Waals surface area contributed by atoms with Crippen molar-refractivity contribution in [3.8, 4) is 5.69 Å². The van der Waals surface area contributed by atoms with Crippen LogP contribution in [-0.2, 0) is 6.54 Å². The van der Waals surface area contributed by atoms with E-state index in [2.05, 4.69) is 5.10 Å². The Labute approximate surface area is 101 Å². The fourth-order valence-electron chi connectivity index (χ4n) is 1.20. The van der Waals surface area contributed by atoms with Crippen LogP contribution in [0.3, 0.4) is 0 Å². The summed E-state index contributed by atoms with van der Waals surface area (Å²) in [7, 11) is 0. The van der Waals surface area contributed by atoms with Gasteiger partial charge in [-0.15, -0.1) is 24.8 Å². The van der Waals surface area contributed by atoms with Crippen LogP contribution in [0.15, 0.2) is 42.6 Å². The average molecular weight is 246 g/mol. The third-order valence-corrected chi connectivity index (χ3v) is 1.87. The number of halogens is 2. The van der Waals surface area contributed by atoms with Crippen LogP contribution in [0.4, 0.5) is 0 Å². The monoisotopic (exact) mass is 245 g/mol. The molecule has 0 aliphatic rings. The number of rotatable bonds is 2. The molecule has 2 N–H and O–H groups in total. The van der Waals surface area contributed by atoms with Crippen molar-refractivity contribution >= 4 is 24.8 Å². The van der Waals surface area contributed by atoms with Crippen LogP contribution < -0.4 is 5.73 Å². The molecule has 0 fully saturated rings. The van der Waals surface area contributed by atoms with Crippen molar-refractivity contribution in [1.82, 2.24) is 9.78 Å². The Hall–Kier alpha value is -1.03. The lowest BCUT2D eigenvalue weighted by molar-refractivity contribution is 0.833. The molecule has 0 bridgehead atoms. The molecule has 2 aromatic rings. The Balaban J connectivity index is 0.000000980. The minimum absolute atomic E-state index is 0. The number of aromatic nitrogens is 2. The quantitative estimate of drug-likeness (QED) is 0.882. The smallest absolute Gasteiger partial charge is 0.0764 e. The summed E-state index contributed by atoms with van der Waals surface area (Å²) >= 11 is 0. The van der Waals surface area contributed by atoms with Crippen LogP contribution in [0.1, 0.15) is 5.69 Å². The van der Waals surface area contributed by atoms with Crippen molar-refractivity contribution in [3.63, 3.8) is 0 Å². The molecule has 5 heteroatoms. The number of nitrogens with zero attached hydrogens (tertiary/aromatic N) is 2. The fraction of sp³-hybridized carbons (Fsp3) is 0.100. The van der Waals surface area contributed by atoms with Crippen LogP contribution in [-0.4, -0.2) is 9.78 Å². The van der Waals surface area contributed by atoms with Gasteiger partial charge in [0.1, 0.15) is 0 Å². The molecule has 0 aliphatic heterocycles. The van der Waals surface area contributed by atoms with E-state index in [1.807, 2.05) is 47.3 Å². The number of benzene rings is 1. The van der Waals surface area contributed by atoms with Crippen LogP contribution in [0.5, 0.6) is 0 Å². The Morgan fingerprint density at radius 2 is 1.73 bits per heavy atom. The van der Waals surface area contributed by atoms with E-state index in [-0.39, 0.29) is 24.8 Å². The molecule has 0 amide bonds. The molecule has 1 heterocycles. The predicted octanol–water partition coefficient (Wildman–Crippen LogP) is 2.17. The van der Waals surface area contributed by atoms with Crippen LogP contribution in [0.2, 0.25) is 0 Å². The summed E-state index contributed by atoms with van der Waals surface area (Å²) < 4.78 is 1.82. The second-order valence-corrected chi connectivity index (χ2v) is 2.79. The second-order valence-electron chi connectivity index (χ2n) is 2.79. The van der Waals surface area contributed by atoms with E-state index < -0.39 is 0 Å². The topological polar surface area (TPSA) is 43.8 Å². The SMILES string of the molecule is Cl.Cl.NCc1ccn(-c2ccccc2)n1.